The molecule has 2 aromatic carbocycles. The Morgan fingerprint density at radius 2 is 1.72 bits per heavy atom. The van der Waals surface area contributed by atoms with Crippen LogP contribution in [0.15, 0.2) is 71.7 Å². The number of carbonyl (C=O) groups is 2. The third-order valence-electron chi connectivity index (χ3n) is 4.59. The number of para-hydroxylation sites is 2. The smallest absolute Gasteiger partial charge is 0.282 e. The number of aryl methyl sites for hydroxylation is 1. The van der Waals surface area contributed by atoms with E-state index in [-0.39, 0.29) is 17.5 Å². The van der Waals surface area contributed by atoms with E-state index in [1.807, 2.05) is 67.8 Å². The average molecular weight is 404 g/mol. The van der Waals surface area contributed by atoms with Crippen LogP contribution in [0.2, 0.25) is 0 Å². The molecule has 0 atom stereocenters. The van der Waals surface area contributed by atoms with Crippen LogP contribution in [0.5, 0.6) is 5.75 Å². The van der Waals surface area contributed by atoms with Crippen molar-refractivity contribution in [2.75, 3.05) is 16.8 Å². The highest BCUT2D eigenvalue weighted by Gasteiger charge is 2.40. The van der Waals surface area contributed by atoms with Crippen molar-refractivity contribution < 1.29 is 14.3 Å². The van der Waals surface area contributed by atoms with Gasteiger partial charge in [0.15, 0.2) is 0 Å². The Bertz CT molecular complexity index is 1090. The number of nitrogens with one attached hydrogen (secondary N) is 1. The van der Waals surface area contributed by atoms with E-state index in [9.17, 15) is 9.59 Å². The van der Waals surface area contributed by atoms with Crippen LogP contribution in [0.25, 0.3) is 5.57 Å². The van der Waals surface area contributed by atoms with Crippen molar-refractivity contribution in [3.63, 3.8) is 0 Å². The lowest BCUT2D eigenvalue weighted by Gasteiger charge is -2.16. The molecule has 1 N–H and O–H groups in total. The molecule has 0 spiro atoms. The number of ether oxygens (including phenoxy) is 1. The third kappa shape index (κ3) is 3.54. The molecule has 29 heavy (non-hydrogen) atoms. The highest BCUT2D eigenvalue weighted by Crippen LogP contribution is 2.37. The first-order valence-corrected chi connectivity index (χ1v) is 10.2. The lowest BCUT2D eigenvalue weighted by atomic mass is 10.1. The zero-order valence-corrected chi connectivity index (χ0v) is 17.0. The van der Waals surface area contributed by atoms with E-state index >= 15 is 0 Å². The number of nitrogens with zero attached hydrogens (tertiary/aromatic N) is 1. The average Bonchev–Trinajstić information content (AvgIpc) is 3.32. The SMILES string of the molecule is CCOc1ccccc1NC1=C(c2cccs2)C(=O)N(c2ccc(C)cc2)C1=O. The molecule has 1 aliphatic rings. The summed E-state index contributed by atoms with van der Waals surface area (Å²) in [6.45, 7) is 4.36. The fraction of sp³-hybridized carbons (Fsp3) is 0.130. The number of benzene rings is 2. The number of thiophene rings is 1. The summed E-state index contributed by atoms with van der Waals surface area (Å²) >= 11 is 1.43. The first-order valence-electron chi connectivity index (χ1n) is 9.32. The quantitative estimate of drug-likeness (QED) is 0.597. The molecule has 2 heterocycles. The number of anilines is 2. The van der Waals surface area contributed by atoms with Crippen LogP contribution >= 0.6 is 11.3 Å². The lowest BCUT2D eigenvalue weighted by Crippen LogP contribution is -2.32. The molecule has 0 fully saturated rings. The molecule has 1 aliphatic heterocycles. The molecule has 146 valence electrons. The number of rotatable bonds is 6. The second-order valence-electron chi connectivity index (χ2n) is 6.56. The maximum absolute atomic E-state index is 13.3. The summed E-state index contributed by atoms with van der Waals surface area (Å²) in [5, 5.41) is 5.06. The summed E-state index contributed by atoms with van der Waals surface area (Å²) in [6.07, 6.45) is 0. The van der Waals surface area contributed by atoms with E-state index < -0.39 is 0 Å². The normalized spacial score (nSPS) is 13.9. The Hall–Kier alpha value is -3.38. The van der Waals surface area contributed by atoms with Crippen LogP contribution in [0.4, 0.5) is 11.4 Å². The van der Waals surface area contributed by atoms with Crippen molar-refractivity contribution >= 4 is 40.1 Å². The third-order valence-corrected chi connectivity index (χ3v) is 5.48. The molecule has 0 saturated heterocycles. The zero-order valence-electron chi connectivity index (χ0n) is 16.1. The van der Waals surface area contributed by atoms with Crippen LogP contribution in [0.3, 0.4) is 0 Å². The standard InChI is InChI=1S/C23H20N2O3S/c1-3-28-18-8-5-4-7-17(18)24-21-20(19-9-6-14-29-19)22(26)25(23(21)27)16-12-10-15(2)11-13-16/h4-14,24H,3H2,1-2H3. The van der Waals surface area contributed by atoms with Gasteiger partial charge in [-0.1, -0.05) is 35.9 Å². The first-order chi connectivity index (χ1) is 14.1. The fourth-order valence-electron chi connectivity index (χ4n) is 3.21. The molecule has 0 aliphatic carbocycles. The van der Waals surface area contributed by atoms with Gasteiger partial charge in [-0.05, 0) is 49.6 Å². The maximum atomic E-state index is 13.3. The van der Waals surface area contributed by atoms with Gasteiger partial charge in [0, 0.05) is 4.88 Å². The van der Waals surface area contributed by atoms with Crippen molar-refractivity contribution in [1.29, 1.82) is 0 Å². The number of hydrogen-bond acceptors (Lipinski definition) is 5. The van der Waals surface area contributed by atoms with Crippen LogP contribution in [-0.4, -0.2) is 18.4 Å². The lowest BCUT2D eigenvalue weighted by molar-refractivity contribution is -0.120. The highest BCUT2D eigenvalue weighted by molar-refractivity contribution is 7.11. The second-order valence-corrected chi connectivity index (χ2v) is 7.51. The molecular weight excluding hydrogens is 384 g/mol. The molecule has 4 rings (SSSR count). The summed E-state index contributed by atoms with van der Waals surface area (Å²) in [5.74, 6) is -0.0895. The molecule has 0 saturated carbocycles. The van der Waals surface area contributed by atoms with Crippen LogP contribution in [0.1, 0.15) is 17.4 Å². The van der Waals surface area contributed by atoms with Gasteiger partial charge in [0.1, 0.15) is 11.4 Å². The van der Waals surface area contributed by atoms with Crippen molar-refractivity contribution in [2.45, 2.75) is 13.8 Å². The van der Waals surface area contributed by atoms with E-state index in [0.29, 0.717) is 29.3 Å². The van der Waals surface area contributed by atoms with Gasteiger partial charge in [-0.3, -0.25) is 9.59 Å². The molecule has 6 heteroatoms. The van der Waals surface area contributed by atoms with Crippen molar-refractivity contribution in [3.8, 4) is 5.75 Å². The second kappa shape index (κ2) is 7.93. The first kappa shape index (κ1) is 19.0. The molecular formula is C23H20N2O3S. The fourth-order valence-corrected chi connectivity index (χ4v) is 3.98. The predicted molar refractivity (Wildman–Crippen MR) is 116 cm³/mol. The minimum atomic E-state index is -0.381. The number of carbonyl (C=O) groups excluding carboxylic acids is 2. The van der Waals surface area contributed by atoms with Gasteiger partial charge in [0.25, 0.3) is 11.8 Å². The summed E-state index contributed by atoms with van der Waals surface area (Å²) in [4.78, 5) is 28.6. The van der Waals surface area contributed by atoms with Gasteiger partial charge < -0.3 is 10.1 Å². The molecule has 0 radical (unpaired) electrons. The van der Waals surface area contributed by atoms with E-state index in [4.69, 9.17) is 4.74 Å². The molecule has 1 aromatic heterocycles. The summed E-state index contributed by atoms with van der Waals surface area (Å²) < 4.78 is 5.67. The van der Waals surface area contributed by atoms with E-state index in [2.05, 4.69) is 5.32 Å². The topological polar surface area (TPSA) is 58.6 Å². The van der Waals surface area contributed by atoms with Gasteiger partial charge in [0.2, 0.25) is 0 Å². The molecule has 3 aromatic rings. The molecule has 0 unspecified atom stereocenters. The summed E-state index contributed by atoms with van der Waals surface area (Å²) in [6, 6.07) is 18.4. The van der Waals surface area contributed by atoms with E-state index in [1.54, 1.807) is 12.1 Å². The summed E-state index contributed by atoms with van der Waals surface area (Å²) in [5.41, 5.74) is 2.88. The summed E-state index contributed by atoms with van der Waals surface area (Å²) in [7, 11) is 0. The molecule has 5 nitrogen and oxygen atoms in total. The Balaban J connectivity index is 1.79. The Morgan fingerprint density at radius 1 is 0.966 bits per heavy atom. The van der Waals surface area contributed by atoms with Gasteiger partial charge in [-0.25, -0.2) is 4.90 Å². The number of imide groups is 1. The van der Waals surface area contributed by atoms with Crippen LogP contribution < -0.4 is 15.0 Å². The predicted octanol–water partition coefficient (Wildman–Crippen LogP) is 4.85. The van der Waals surface area contributed by atoms with Gasteiger partial charge in [-0.2, -0.15) is 0 Å². The van der Waals surface area contributed by atoms with E-state index in [0.717, 1.165) is 10.4 Å². The largest absolute Gasteiger partial charge is 0.492 e. The van der Waals surface area contributed by atoms with E-state index in [1.165, 1.54) is 16.2 Å². The molecule has 2 amide bonds. The monoisotopic (exact) mass is 404 g/mol. The Labute approximate surface area is 173 Å². The Morgan fingerprint density at radius 3 is 2.41 bits per heavy atom. The zero-order chi connectivity index (χ0) is 20.4. The van der Waals surface area contributed by atoms with Crippen LogP contribution in [-0.2, 0) is 9.59 Å². The van der Waals surface area contributed by atoms with Gasteiger partial charge in [-0.15, -0.1) is 11.3 Å². The maximum Gasteiger partial charge on any atom is 0.282 e. The van der Waals surface area contributed by atoms with Gasteiger partial charge >= 0.3 is 0 Å². The molecule has 0 bridgehead atoms. The number of amides is 2. The van der Waals surface area contributed by atoms with Crippen molar-refractivity contribution in [1.82, 2.24) is 0 Å². The van der Waals surface area contributed by atoms with Crippen LogP contribution in [0, 0.1) is 6.92 Å². The van der Waals surface area contributed by atoms with Crippen molar-refractivity contribution in [3.05, 3.63) is 82.2 Å². The highest BCUT2D eigenvalue weighted by atomic mass is 32.1. The number of hydrogen-bond donors (Lipinski definition) is 1. The minimum absolute atomic E-state index is 0.255. The van der Waals surface area contributed by atoms with Gasteiger partial charge in [0.05, 0.1) is 23.6 Å². The Kier molecular flexibility index (Phi) is 5.18. The minimum Gasteiger partial charge on any atom is -0.492 e. The van der Waals surface area contributed by atoms with Crippen molar-refractivity contribution in [2.24, 2.45) is 0 Å².